The maximum atomic E-state index is 5.95. The predicted octanol–water partition coefficient (Wildman–Crippen LogP) is 3.91. The number of halogens is 1. The Morgan fingerprint density at radius 2 is 2.19 bits per heavy atom. The van der Waals surface area contributed by atoms with Crippen LogP contribution in [0.2, 0.25) is 5.02 Å². The molecule has 0 amide bonds. The summed E-state index contributed by atoms with van der Waals surface area (Å²) in [4.78, 5) is 6.27. The monoisotopic (exact) mass is 238 g/mol. The number of rotatable bonds is 5. The molecule has 1 rings (SSSR count). The quantitative estimate of drug-likeness (QED) is 0.561. The molecular formula is C13H19ClN2. The molecule has 2 nitrogen and oxygen atoms in total. The maximum Gasteiger partial charge on any atom is 0.0890 e. The summed E-state index contributed by atoms with van der Waals surface area (Å²) in [6.45, 7) is 5.26. The van der Waals surface area contributed by atoms with Crippen molar-refractivity contribution in [2.75, 3.05) is 18.5 Å². The molecule has 1 aromatic rings. The molecule has 3 heteroatoms. The van der Waals surface area contributed by atoms with Crippen LogP contribution in [0, 0.1) is 6.92 Å². The minimum absolute atomic E-state index is 0.783. The van der Waals surface area contributed by atoms with Crippen molar-refractivity contribution in [3.8, 4) is 0 Å². The molecule has 0 aliphatic rings. The molecule has 0 heterocycles. The van der Waals surface area contributed by atoms with Crippen molar-refractivity contribution in [3.05, 3.63) is 28.8 Å². The van der Waals surface area contributed by atoms with Gasteiger partial charge in [-0.1, -0.05) is 24.9 Å². The average molecular weight is 239 g/mol. The van der Waals surface area contributed by atoms with Gasteiger partial charge in [0.1, 0.15) is 0 Å². The molecule has 0 aliphatic carbocycles. The molecule has 0 saturated heterocycles. The molecule has 0 spiro atoms. The van der Waals surface area contributed by atoms with E-state index in [9.17, 15) is 0 Å². The number of hydrogen-bond acceptors (Lipinski definition) is 1. The van der Waals surface area contributed by atoms with E-state index < -0.39 is 0 Å². The van der Waals surface area contributed by atoms with E-state index in [2.05, 4.69) is 29.8 Å². The molecule has 0 fully saturated rings. The highest BCUT2D eigenvalue weighted by atomic mass is 35.5. The van der Waals surface area contributed by atoms with Crippen LogP contribution in [0.25, 0.3) is 0 Å². The van der Waals surface area contributed by atoms with Crippen LogP contribution in [0.15, 0.2) is 23.2 Å². The summed E-state index contributed by atoms with van der Waals surface area (Å²) in [6, 6.07) is 5.96. The van der Waals surface area contributed by atoms with E-state index in [1.54, 1.807) is 7.05 Å². The fourth-order valence-electron chi connectivity index (χ4n) is 1.65. The van der Waals surface area contributed by atoms with Gasteiger partial charge in [-0.2, -0.15) is 0 Å². The van der Waals surface area contributed by atoms with Crippen LogP contribution in [0.4, 0.5) is 5.69 Å². The van der Waals surface area contributed by atoms with E-state index in [1.807, 2.05) is 18.5 Å². The lowest BCUT2D eigenvalue weighted by Crippen LogP contribution is -2.23. The van der Waals surface area contributed by atoms with Crippen molar-refractivity contribution in [1.29, 1.82) is 0 Å². The molecule has 0 saturated carbocycles. The summed E-state index contributed by atoms with van der Waals surface area (Å²) in [5.41, 5.74) is 2.37. The van der Waals surface area contributed by atoms with Crippen molar-refractivity contribution >= 4 is 23.6 Å². The number of aryl methyl sites for hydroxylation is 1. The third-order valence-corrected chi connectivity index (χ3v) is 2.71. The Bertz CT molecular complexity index is 361. The first kappa shape index (κ1) is 13.0. The molecule has 0 aliphatic heterocycles. The molecule has 0 N–H and O–H groups in total. The SMILES string of the molecule is CCCCN(C=NC)c1ccc(Cl)cc1C. The Kier molecular flexibility index (Phi) is 5.33. The van der Waals surface area contributed by atoms with Crippen LogP contribution in [0.3, 0.4) is 0 Å². The van der Waals surface area contributed by atoms with Crippen molar-refractivity contribution in [2.45, 2.75) is 26.7 Å². The molecule has 0 atom stereocenters. The zero-order valence-electron chi connectivity index (χ0n) is 10.2. The first-order valence-electron chi connectivity index (χ1n) is 5.64. The second kappa shape index (κ2) is 6.54. The largest absolute Gasteiger partial charge is 0.333 e. The third-order valence-electron chi connectivity index (χ3n) is 2.48. The summed E-state index contributed by atoms with van der Waals surface area (Å²) in [6.07, 6.45) is 4.22. The smallest absolute Gasteiger partial charge is 0.0890 e. The Balaban J connectivity index is 2.91. The highest BCUT2D eigenvalue weighted by Gasteiger charge is 2.06. The van der Waals surface area contributed by atoms with Gasteiger partial charge in [0.2, 0.25) is 0 Å². The number of hydrogen-bond donors (Lipinski definition) is 0. The summed E-state index contributed by atoms with van der Waals surface area (Å²) < 4.78 is 0. The zero-order valence-corrected chi connectivity index (χ0v) is 11.0. The first-order chi connectivity index (χ1) is 7.69. The summed E-state index contributed by atoms with van der Waals surface area (Å²) >= 11 is 5.95. The Labute approximate surface area is 103 Å². The molecule has 1 aromatic carbocycles. The van der Waals surface area contributed by atoms with Gasteiger partial charge in [-0.25, -0.2) is 0 Å². The van der Waals surface area contributed by atoms with Gasteiger partial charge in [0, 0.05) is 24.3 Å². The first-order valence-corrected chi connectivity index (χ1v) is 6.02. The molecule has 0 unspecified atom stereocenters. The van der Waals surface area contributed by atoms with Gasteiger partial charge in [-0.15, -0.1) is 0 Å². The second-order valence-electron chi connectivity index (χ2n) is 3.85. The van der Waals surface area contributed by atoms with Crippen LogP contribution in [-0.2, 0) is 0 Å². The normalized spacial score (nSPS) is 11.0. The van der Waals surface area contributed by atoms with Crippen molar-refractivity contribution in [2.24, 2.45) is 4.99 Å². The third kappa shape index (κ3) is 3.53. The van der Waals surface area contributed by atoms with Gasteiger partial charge in [-0.3, -0.25) is 4.99 Å². The van der Waals surface area contributed by atoms with Gasteiger partial charge in [-0.05, 0) is 37.1 Å². The Morgan fingerprint density at radius 1 is 1.44 bits per heavy atom. The van der Waals surface area contributed by atoms with Gasteiger partial charge in [0.05, 0.1) is 6.34 Å². The second-order valence-corrected chi connectivity index (χ2v) is 4.29. The molecule has 0 bridgehead atoms. The van der Waals surface area contributed by atoms with E-state index >= 15 is 0 Å². The minimum atomic E-state index is 0.783. The lowest BCUT2D eigenvalue weighted by atomic mass is 10.2. The van der Waals surface area contributed by atoms with Crippen LogP contribution in [0.1, 0.15) is 25.3 Å². The van der Waals surface area contributed by atoms with E-state index in [-0.39, 0.29) is 0 Å². The summed E-state index contributed by atoms with van der Waals surface area (Å²) in [5, 5.41) is 0.783. The van der Waals surface area contributed by atoms with Crippen molar-refractivity contribution in [3.63, 3.8) is 0 Å². The predicted molar refractivity (Wildman–Crippen MR) is 72.9 cm³/mol. The van der Waals surface area contributed by atoms with Gasteiger partial charge in [0.15, 0.2) is 0 Å². The number of anilines is 1. The van der Waals surface area contributed by atoms with Crippen molar-refractivity contribution in [1.82, 2.24) is 0 Å². The Morgan fingerprint density at radius 3 is 2.75 bits per heavy atom. The fourth-order valence-corrected chi connectivity index (χ4v) is 1.88. The van der Waals surface area contributed by atoms with Crippen LogP contribution in [0.5, 0.6) is 0 Å². The van der Waals surface area contributed by atoms with E-state index in [1.165, 1.54) is 17.7 Å². The van der Waals surface area contributed by atoms with E-state index in [0.717, 1.165) is 18.0 Å². The lowest BCUT2D eigenvalue weighted by Gasteiger charge is -2.21. The molecule has 88 valence electrons. The summed E-state index contributed by atoms with van der Waals surface area (Å²) in [7, 11) is 1.80. The summed E-state index contributed by atoms with van der Waals surface area (Å²) in [5.74, 6) is 0. The van der Waals surface area contributed by atoms with Gasteiger partial charge < -0.3 is 4.90 Å². The number of unbranched alkanes of at least 4 members (excludes halogenated alkanes) is 1. The van der Waals surface area contributed by atoms with E-state index in [0.29, 0.717) is 0 Å². The topological polar surface area (TPSA) is 15.6 Å². The lowest BCUT2D eigenvalue weighted by molar-refractivity contribution is 0.797. The number of benzene rings is 1. The number of nitrogens with zero attached hydrogens (tertiary/aromatic N) is 2. The zero-order chi connectivity index (χ0) is 12.0. The van der Waals surface area contributed by atoms with Crippen molar-refractivity contribution < 1.29 is 0 Å². The molecular weight excluding hydrogens is 220 g/mol. The molecule has 16 heavy (non-hydrogen) atoms. The number of aliphatic imine (C=N–C) groups is 1. The van der Waals surface area contributed by atoms with Crippen LogP contribution < -0.4 is 4.90 Å². The minimum Gasteiger partial charge on any atom is -0.333 e. The highest BCUT2D eigenvalue weighted by Crippen LogP contribution is 2.23. The Hall–Kier alpha value is -1.02. The maximum absolute atomic E-state index is 5.95. The van der Waals surface area contributed by atoms with Crippen LogP contribution in [-0.4, -0.2) is 19.9 Å². The standard InChI is InChI=1S/C13H19ClN2/c1-4-5-8-16(10-15-3)13-7-6-12(14)9-11(13)2/h6-7,9-10H,4-5,8H2,1-3H3. The van der Waals surface area contributed by atoms with Gasteiger partial charge >= 0.3 is 0 Å². The van der Waals surface area contributed by atoms with Gasteiger partial charge in [0.25, 0.3) is 0 Å². The molecule has 0 radical (unpaired) electrons. The van der Waals surface area contributed by atoms with Crippen LogP contribution >= 0.6 is 11.6 Å². The molecule has 0 aromatic heterocycles. The highest BCUT2D eigenvalue weighted by molar-refractivity contribution is 6.30. The fraction of sp³-hybridized carbons (Fsp3) is 0.462. The average Bonchev–Trinajstić information content (AvgIpc) is 2.25. The van der Waals surface area contributed by atoms with E-state index in [4.69, 9.17) is 11.6 Å².